The highest BCUT2D eigenvalue weighted by atomic mass is 16.6. The van der Waals surface area contributed by atoms with Gasteiger partial charge in [0, 0.05) is 0 Å². The molecule has 0 unspecified atom stereocenters. The van der Waals surface area contributed by atoms with Crippen molar-refractivity contribution in [1.82, 2.24) is 4.90 Å². The Labute approximate surface area is 182 Å². The van der Waals surface area contributed by atoms with Crippen LogP contribution in [0.4, 0.5) is 4.79 Å². The Balaban J connectivity index is 2.16. The number of hydrogen-bond acceptors (Lipinski definition) is 7. The van der Waals surface area contributed by atoms with Crippen LogP contribution in [-0.2, 0) is 35.2 Å². The molecular formula is C23H31NO7. The van der Waals surface area contributed by atoms with Crippen molar-refractivity contribution in [3.8, 4) is 0 Å². The van der Waals surface area contributed by atoms with Crippen molar-refractivity contribution in [2.45, 2.75) is 78.2 Å². The lowest BCUT2D eigenvalue weighted by atomic mass is 10.0. The Morgan fingerprint density at radius 3 is 2.10 bits per heavy atom. The lowest BCUT2D eigenvalue weighted by Gasteiger charge is -2.26. The fraction of sp³-hybridized carbons (Fsp3) is 0.565. The van der Waals surface area contributed by atoms with Crippen LogP contribution >= 0.6 is 0 Å². The number of rotatable bonds is 5. The van der Waals surface area contributed by atoms with E-state index in [4.69, 9.17) is 14.2 Å². The average Bonchev–Trinajstić information content (AvgIpc) is 2.94. The van der Waals surface area contributed by atoms with E-state index in [1.54, 1.807) is 53.7 Å². The molecule has 0 saturated carbocycles. The predicted octanol–water partition coefficient (Wildman–Crippen LogP) is 3.61. The van der Waals surface area contributed by atoms with Crippen LogP contribution in [0.2, 0.25) is 0 Å². The molecule has 1 saturated heterocycles. The highest BCUT2D eigenvalue weighted by Crippen LogP contribution is 2.31. The fourth-order valence-electron chi connectivity index (χ4n) is 3.14. The van der Waals surface area contributed by atoms with Crippen LogP contribution in [0.1, 0.15) is 59.9 Å². The number of carbonyl (C=O) groups excluding carboxylic acids is 4. The Hall–Kier alpha value is -2.90. The third kappa shape index (κ3) is 7.38. The maximum atomic E-state index is 12.9. The molecule has 2 amide bonds. The Morgan fingerprint density at radius 2 is 1.55 bits per heavy atom. The van der Waals surface area contributed by atoms with Gasteiger partial charge in [-0.2, -0.15) is 0 Å². The first kappa shape index (κ1) is 24.4. The first-order chi connectivity index (χ1) is 14.3. The lowest BCUT2D eigenvalue weighted by molar-refractivity contribution is -0.157. The number of carbonyl (C=O) groups is 4. The standard InChI is InChI=1S/C23H31NO7/c1-22(2,3)30-18(25)13-16-12-17(20(27)29-14-15-10-8-7-9-11-15)24(19(16)26)21(28)31-23(4,5)6/h7-11,16-17H,12-14H2,1-6H3/t16-,17+/m1/s1. The molecule has 8 heteroatoms. The van der Waals surface area contributed by atoms with E-state index in [0.29, 0.717) is 0 Å². The molecule has 0 spiro atoms. The van der Waals surface area contributed by atoms with Gasteiger partial charge in [-0.15, -0.1) is 0 Å². The van der Waals surface area contributed by atoms with E-state index >= 15 is 0 Å². The SMILES string of the molecule is CC(C)(C)OC(=O)C[C@H]1C[C@@H](C(=O)OCc2ccccc2)N(C(=O)OC(C)(C)C)C1=O. The van der Waals surface area contributed by atoms with E-state index in [2.05, 4.69) is 0 Å². The van der Waals surface area contributed by atoms with Gasteiger partial charge in [0.25, 0.3) is 0 Å². The Kier molecular flexibility index (Phi) is 7.46. The molecule has 2 rings (SSSR count). The van der Waals surface area contributed by atoms with E-state index in [1.807, 2.05) is 18.2 Å². The summed E-state index contributed by atoms with van der Waals surface area (Å²) in [6.45, 7) is 10.1. The minimum Gasteiger partial charge on any atom is -0.460 e. The summed E-state index contributed by atoms with van der Waals surface area (Å²) in [5.74, 6) is -2.83. The molecule has 0 bridgehead atoms. The van der Waals surface area contributed by atoms with Gasteiger partial charge in [0.05, 0.1) is 12.3 Å². The first-order valence-corrected chi connectivity index (χ1v) is 10.3. The maximum Gasteiger partial charge on any atom is 0.417 e. The van der Waals surface area contributed by atoms with E-state index < -0.39 is 47.1 Å². The van der Waals surface area contributed by atoms with E-state index in [1.165, 1.54) is 0 Å². The number of benzene rings is 1. The summed E-state index contributed by atoms with van der Waals surface area (Å²) in [6, 6.07) is 7.89. The van der Waals surface area contributed by atoms with Crippen LogP contribution in [0.3, 0.4) is 0 Å². The van der Waals surface area contributed by atoms with Crippen molar-refractivity contribution in [2.75, 3.05) is 0 Å². The molecule has 0 radical (unpaired) electrons. The molecule has 8 nitrogen and oxygen atoms in total. The zero-order valence-corrected chi connectivity index (χ0v) is 19.0. The zero-order valence-electron chi connectivity index (χ0n) is 19.0. The largest absolute Gasteiger partial charge is 0.460 e. The number of amides is 2. The van der Waals surface area contributed by atoms with Gasteiger partial charge in [-0.1, -0.05) is 30.3 Å². The topological polar surface area (TPSA) is 99.2 Å². The molecule has 31 heavy (non-hydrogen) atoms. The molecule has 0 aromatic heterocycles. The maximum absolute atomic E-state index is 12.9. The summed E-state index contributed by atoms with van der Waals surface area (Å²) < 4.78 is 15.9. The molecule has 2 atom stereocenters. The van der Waals surface area contributed by atoms with E-state index in [-0.39, 0.29) is 19.4 Å². The summed E-state index contributed by atoms with van der Waals surface area (Å²) in [7, 11) is 0. The van der Waals surface area contributed by atoms with Crippen molar-refractivity contribution in [3.05, 3.63) is 35.9 Å². The van der Waals surface area contributed by atoms with Crippen LogP contribution in [0.25, 0.3) is 0 Å². The molecule has 0 N–H and O–H groups in total. The van der Waals surface area contributed by atoms with Gasteiger partial charge in [-0.3, -0.25) is 9.59 Å². The van der Waals surface area contributed by atoms with Gasteiger partial charge in [0.2, 0.25) is 5.91 Å². The fourth-order valence-corrected chi connectivity index (χ4v) is 3.14. The molecule has 1 aromatic carbocycles. The number of likely N-dealkylation sites (tertiary alicyclic amines) is 1. The summed E-state index contributed by atoms with van der Waals surface area (Å²) >= 11 is 0. The minimum absolute atomic E-state index is 0.00323. The molecule has 1 aliphatic heterocycles. The first-order valence-electron chi connectivity index (χ1n) is 10.3. The third-order valence-corrected chi connectivity index (χ3v) is 4.33. The van der Waals surface area contributed by atoms with Crippen LogP contribution in [-0.4, -0.2) is 46.1 Å². The van der Waals surface area contributed by atoms with Gasteiger partial charge in [0.1, 0.15) is 23.9 Å². The van der Waals surface area contributed by atoms with Gasteiger partial charge in [-0.05, 0) is 53.5 Å². The molecule has 170 valence electrons. The molecule has 1 fully saturated rings. The van der Waals surface area contributed by atoms with Crippen LogP contribution in [0, 0.1) is 5.92 Å². The van der Waals surface area contributed by atoms with Crippen molar-refractivity contribution in [1.29, 1.82) is 0 Å². The summed E-state index contributed by atoms with van der Waals surface area (Å²) in [4.78, 5) is 51.4. The number of esters is 2. The van der Waals surface area contributed by atoms with E-state index in [0.717, 1.165) is 10.5 Å². The van der Waals surface area contributed by atoms with Crippen LogP contribution < -0.4 is 0 Å². The average molecular weight is 434 g/mol. The quantitative estimate of drug-likeness (QED) is 0.516. The highest BCUT2D eigenvalue weighted by Gasteiger charge is 2.49. The number of nitrogens with zero attached hydrogens (tertiary/aromatic N) is 1. The predicted molar refractivity (Wildman–Crippen MR) is 112 cm³/mol. The second kappa shape index (κ2) is 9.49. The molecule has 1 heterocycles. The number of ether oxygens (including phenoxy) is 3. The van der Waals surface area contributed by atoms with Gasteiger partial charge in [0.15, 0.2) is 0 Å². The van der Waals surface area contributed by atoms with Crippen molar-refractivity contribution >= 4 is 23.9 Å². The third-order valence-electron chi connectivity index (χ3n) is 4.33. The normalized spacial score (nSPS) is 19.2. The van der Waals surface area contributed by atoms with Crippen LogP contribution in [0.5, 0.6) is 0 Å². The smallest absolute Gasteiger partial charge is 0.417 e. The lowest BCUT2D eigenvalue weighted by Crippen LogP contribution is -2.46. The second-order valence-electron chi connectivity index (χ2n) is 9.52. The summed E-state index contributed by atoms with van der Waals surface area (Å²) in [5.41, 5.74) is -0.800. The molecule has 0 aliphatic carbocycles. The van der Waals surface area contributed by atoms with Gasteiger partial charge < -0.3 is 14.2 Å². The number of hydrogen-bond donors (Lipinski definition) is 0. The number of imide groups is 1. The minimum atomic E-state index is -1.17. The van der Waals surface area contributed by atoms with Crippen molar-refractivity contribution in [3.63, 3.8) is 0 Å². The molecular weight excluding hydrogens is 402 g/mol. The highest BCUT2D eigenvalue weighted by molar-refractivity contribution is 6.01. The Morgan fingerprint density at radius 1 is 0.968 bits per heavy atom. The monoisotopic (exact) mass is 433 g/mol. The van der Waals surface area contributed by atoms with Gasteiger partial charge in [-0.25, -0.2) is 14.5 Å². The second-order valence-corrected chi connectivity index (χ2v) is 9.52. The summed E-state index contributed by atoms with van der Waals surface area (Å²) in [6.07, 6.45) is -1.21. The van der Waals surface area contributed by atoms with Crippen molar-refractivity contribution in [2.24, 2.45) is 5.92 Å². The van der Waals surface area contributed by atoms with Crippen molar-refractivity contribution < 1.29 is 33.4 Å². The molecule has 1 aromatic rings. The van der Waals surface area contributed by atoms with E-state index in [9.17, 15) is 19.2 Å². The zero-order chi connectivity index (χ0) is 23.4. The molecule has 1 aliphatic rings. The van der Waals surface area contributed by atoms with Crippen LogP contribution in [0.15, 0.2) is 30.3 Å². The van der Waals surface area contributed by atoms with Gasteiger partial charge >= 0.3 is 18.0 Å². The summed E-state index contributed by atoms with van der Waals surface area (Å²) in [5, 5.41) is 0. The Bertz CT molecular complexity index is 821.